The van der Waals surface area contributed by atoms with Gasteiger partial charge in [-0.1, -0.05) is 0 Å². The van der Waals surface area contributed by atoms with Crippen LogP contribution in [0.1, 0.15) is 25.1 Å². The molecule has 0 N–H and O–H groups in total. The van der Waals surface area contributed by atoms with Crippen molar-refractivity contribution in [2.45, 2.75) is 32.5 Å². The molecule has 0 amide bonds. The van der Waals surface area contributed by atoms with Crippen LogP contribution in [0.3, 0.4) is 0 Å². The number of anilines is 1. The number of benzene rings is 1. The molecule has 0 aliphatic carbocycles. The third kappa shape index (κ3) is 4.37. The number of ether oxygens (including phenoxy) is 1. The average molecular weight is 355 g/mol. The van der Waals surface area contributed by atoms with Crippen LogP contribution >= 0.6 is 0 Å². The van der Waals surface area contributed by atoms with E-state index in [4.69, 9.17) is 0 Å². The zero-order valence-corrected chi connectivity index (χ0v) is 13.6. The number of alkyl halides is 3. The van der Waals surface area contributed by atoms with Crippen LogP contribution in [0, 0.1) is 12.7 Å². The van der Waals surface area contributed by atoms with Crippen molar-refractivity contribution in [2.75, 3.05) is 18.0 Å². The maximum Gasteiger partial charge on any atom is 0.573 e. The van der Waals surface area contributed by atoms with Gasteiger partial charge in [-0.25, -0.2) is 14.4 Å². The van der Waals surface area contributed by atoms with Gasteiger partial charge in [-0.15, -0.1) is 13.2 Å². The Morgan fingerprint density at radius 1 is 1.04 bits per heavy atom. The fraction of sp³-hybridized carbons (Fsp3) is 0.412. The highest BCUT2D eigenvalue weighted by Gasteiger charge is 2.32. The second-order valence-electron chi connectivity index (χ2n) is 5.90. The Kier molecular flexibility index (Phi) is 4.78. The minimum absolute atomic E-state index is 0.371. The van der Waals surface area contributed by atoms with Crippen molar-refractivity contribution in [1.82, 2.24) is 9.97 Å². The lowest BCUT2D eigenvalue weighted by molar-refractivity contribution is -0.275. The number of aryl methyl sites for hydroxylation is 1. The number of halogens is 4. The second kappa shape index (κ2) is 6.85. The highest BCUT2D eigenvalue weighted by Crippen LogP contribution is 2.30. The van der Waals surface area contributed by atoms with E-state index in [0.29, 0.717) is 17.1 Å². The van der Waals surface area contributed by atoms with Gasteiger partial charge in [0.25, 0.3) is 0 Å². The number of aromatic nitrogens is 2. The summed E-state index contributed by atoms with van der Waals surface area (Å²) in [6.45, 7) is 3.51. The number of rotatable bonds is 3. The van der Waals surface area contributed by atoms with Gasteiger partial charge in [-0.2, -0.15) is 0 Å². The van der Waals surface area contributed by atoms with E-state index in [2.05, 4.69) is 19.6 Å². The molecule has 134 valence electrons. The minimum Gasteiger partial charge on any atom is -0.403 e. The van der Waals surface area contributed by atoms with E-state index in [1.807, 2.05) is 0 Å². The van der Waals surface area contributed by atoms with E-state index in [9.17, 15) is 17.6 Å². The topological polar surface area (TPSA) is 38.2 Å². The van der Waals surface area contributed by atoms with Gasteiger partial charge < -0.3 is 9.64 Å². The first-order valence-corrected chi connectivity index (χ1v) is 7.98. The van der Waals surface area contributed by atoms with E-state index < -0.39 is 17.9 Å². The molecule has 8 heteroatoms. The van der Waals surface area contributed by atoms with Crippen molar-refractivity contribution in [1.29, 1.82) is 0 Å². The summed E-state index contributed by atoms with van der Waals surface area (Å²) >= 11 is 0. The summed E-state index contributed by atoms with van der Waals surface area (Å²) in [6.07, 6.45) is -1.60. The molecule has 2 aromatic rings. The summed E-state index contributed by atoms with van der Waals surface area (Å²) < 4.78 is 54.3. The molecule has 0 spiro atoms. The van der Waals surface area contributed by atoms with E-state index in [1.165, 1.54) is 12.5 Å². The first kappa shape index (κ1) is 17.4. The second-order valence-corrected chi connectivity index (χ2v) is 5.90. The monoisotopic (exact) mass is 355 g/mol. The van der Waals surface area contributed by atoms with Gasteiger partial charge in [-0.3, -0.25) is 0 Å². The van der Waals surface area contributed by atoms with E-state index >= 15 is 0 Å². The lowest BCUT2D eigenvalue weighted by atomic mass is 10.1. The van der Waals surface area contributed by atoms with Gasteiger partial charge in [0.05, 0.1) is 5.69 Å². The fourth-order valence-corrected chi connectivity index (χ4v) is 2.85. The normalized spacial score (nSPS) is 15.3. The molecule has 1 saturated heterocycles. The molecular weight excluding hydrogens is 338 g/mol. The molecule has 2 heterocycles. The summed E-state index contributed by atoms with van der Waals surface area (Å²) in [5.41, 5.74) is 0.835. The molecule has 1 aromatic heterocycles. The number of nitrogens with zero attached hydrogens (tertiary/aromatic N) is 3. The van der Waals surface area contributed by atoms with Gasteiger partial charge in [0.2, 0.25) is 0 Å². The molecule has 1 aromatic carbocycles. The van der Waals surface area contributed by atoms with E-state index in [1.54, 1.807) is 13.0 Å². The third-order valence-corrected chi connectivity index (χ3v) is 3.96. The van der Waals surface area contributed by atoms with Crippen molar-refractivity contribution in [3.63, 3.8) is 0 Å². The van der Waals surface area contributed by atoms with Crippen LogP contribution in [-0.2, 0) is 0 Å². The predicted molar refractivity (Wildman–Crippen MR) is 84.9 cm³/mol. The Labute approximate surface area is 142 Å². The van der Waals surface area contributed by atoms with Crippen LogP contribution in [0.15, 0.2) is 24.3 Å². The Morgan fingerprint density at radius 2 is 1.76 bits per heavy atom. The maximum atomic E-state index is 13.9. The molecule has 0 unspecified atom stereocenters. The van der Waals surface area contributed by atoms with Crippen LogP contribution in [0.25, 0.3) is 11.3 Å². The summed E-state index contributed by atoms with van der Waals surface area (Å²) in [7, 11) is 0. The standard InChI is InChI=1S/C17H17F4N3O/c1-11-22-14(10-16(23-11)24-7-3-2-4-8-24)12-5-6-15(13(18)9-12)25-17(19,20)21/h5-6,9-10H,2-4,7-8H2,1H3. The molecule has 0 bridgehead atoms. The number of piperidine rings is 1. The quantitative estimate of drug-likeness (QED) is 0.761. The van der Waals surface area contributed by atoms with Gasteiger partial charge >= 0.3 is 6.36 Å². The van der Waals surface area contributed by atoms with Crippen LogP contribution in [-0.4, -0.2) is 29.4 Å². The van der Waals surface area contributed by atoms with E-state index in [0.717, 1.165) is 43.9 Å². The molecule has 1 aliphatic rings. The van der Waals surface area contributed by atoms with Crippen LogP contribution < -0.4 is 9.64 Å². The number of hydrogen-bond donors (Lipinski definition) is 0. The summed E-state index contributed by atoms with van der Waals surface area (Å²) in [5.74, 6) is -0.684. The first-order chi connectivity index (χ1) is 11.8. The maximum absolute atomic E-state index is 13.9. The zero-order chi connectivity index (χ0) is 18.0. The van der Waals surface area contributed by atoms with Crippen LogP contribution in [0.2, 0.25) is 0 Å². The predicted octanol–water partition coefficient (Wildman–Crippen LogP) is 4.48. The van der Waals surface area contributed by atoms with Crippen molar-refractivity contribution >= 4 is 5.82 Å². The minimum atomic E-state index is -4.94. The lowest BCUT2D eigenvalue weighted by Crippen LogP contribution is -2.30. The Hall–Kier alpha value is -2.38. The van der Waals surface area contributed by atoms with Crippen LogP contribution in [0.5, 0.6) is 5.75 Å². The summed E-state index contributed by atoms with van der Waals surface area (Å²) in [6, 6.07) is 5.03. The fourth-order valence-electron chi connectivity index (χ4n) is 2.85. The molecule has 0 saturated carbocycles. The van der Waals surface area contributed by atoms with Gasteiger partial charge in [-0.05, 0) is 44.4 Å². The Bertz CT molecular complexity index is 758. The van der Waals surface area contributed by atoms with Gasteiger partial charge in [0.1, 0.15) is 11.6 Å². The zero-order valence-electron chi connectivity index (χ0n) is 13.6. The smallest absolute Gasteiger partial charge is 0.403 e. The highest BCUT2D eigenvalue weighted by atomic mass is 19.4. The molecule has 0 radical (unpaired) electrons. The molecule has 4 nitrogen and oxygen atoms in total. The summed E-state index contributed by atoms with van der Waals surface area (Å²) in [4.78, 5) is 10.8. The molecule has 1 fully saturated rings. The molecule has 1 aliphatic heterocycles. The van der Waals surface area contributed by atoms with Crippen molar-refractivity contribution in [3.05, 3.63) is 35.9 Å². The van der Waals surface area contributed by atoms with Crippen molar-refractivity contribution < 1.29 is 22.3 Å². The first-order valence-electron chi connectivity index (χ1n) is 7.98. The molecule has 3 rings (SSSR count). The largest absolute Gasteiger partial charge is 0.573 e. The third-order valence-electron chi connectivity index (χ3n) is 3.96. The lowest BCUT2D eigenvalue weighted by Gasteiger charge is -2.28. The Balaban J connectivity index is 1.91. The molecule has 0 atom stereocenters. The van der Waals surface area contributed by atoms with Crippen molar-refractivity contribution in [2.24, 2.45) is 0 Å². The van der Waals surface area contributed by atoms with E-state index in [-0.39, 0.29) is 0 Å². The van der Waals surface area contributed by atoms with Gasteiger partial charge in [0, 0.05) is 24.7 Å². The Morgan fingerprint density at radius 3 is 2.40 bits per heavy atom. The average Bonchev–Trinajstić information content (AvgIpc) is 2.56. The molecular formula is C17H17F4N3O. The van der Waals surface area contributed by atoms with Gasteiger partial charge in [0.15, 0.2) is 11.6 Å². The van der Waals surface area contributed by atoms with Crippen LogP contribution in [0.4, 0.5) is 23.4 Å². The highest BCUT2D eigenvalue weighted by molar-refractivity contribution is 5.64. The van der Waals surface area contributed by atoms with Crippen molar-refractivity contribution in [3.8, 4) is 17.0 Å². The SMILES string of the molecule is Cc1nc(-c2ccc(OC(F)(F)F)c(F)c2)cc(N2CCCCC2)n1. The molecule has 25 heavy (non-hydrogen) atoms. The summed E-state index contributed by atoms with van der Waals surface area (Å²) in [5, 5.41) is 0. The number of hydrogen-bond acceptors (Lipinski definition) is 4.